The van der Waals surface area contributed by atoms with Gasteiger partial charge in [0.2, 0.25) is 0 Å². The molecule has 0 aliphatic heterocycles. The van der Waals surface area contributed by atoms with E-state index in [-0.39, 0.29) is 11.8 Å². The van der Waals surface area contributed by atoms with Gasteiger partial charge in [0.15, 0.2) is 11.5 Å². The fourth-order valence-electron chi connectivity index (χ4n) is 1.21. The zero-order valence-corrected chi connectivity index (χ0v) is 9.77. The van der Waals surface area contributed by atoms with Crippen molar-refractivity contribution in [2.24, 2.45) is 0 Å². The van der Waals surface area contributed by atoms with E-state index in [0.717, 1.165) is 0 Å². The molecule has 1 rings (SSSR count). The SMILES string of the molecule is CCOC(=O)c1ccnc(C(C)OCC)n1. The first-order valence-corrected chi connectivity index (χ1v) is 5.30. The quantitative estimate of drug-likeness (QED) is 0.713. The molecular formula is C11H16N2O3. The van der Waals surface area contributed by atoms with Crippen molar-refractivity contribution in [3.63, 3.8) is 0 Å². The van der Waals surface area contributed by atoms with Crippen molar-refractivity contribution >= 4 is 5.97 Å². The van der Waals surface area contributed by atoms with Crippen molar-refractivity contribution in [2.75, 3.05) is 13.2 Å². The smallest absolute Gasteiger partial charge is 0.357 e. The van der Waals surface area contributed by atoms with E-state index in [2.05, 4.69) is 9.97 Å². The molecule has 5 nitrogen and oxygen atoms in total. The number of esters is 1. The first-order chi connectivity index (χ1) is 7.69. The highest BCUT2D eigenvalue weighted by atomic mass is 16.5. The lowest BCUT2D eigenvalue weighted by atomic mass is 10.3. The summed E-state index contributed by atoms with van der Waals surface area (Å²) in [6.07, 6.45) is 1.31. The number of carbonyl (C=O) groups is 1. The van der Waals surface area contributed by atoms with Crippen LogP contribution in [0.3, 0.4) is 0 Å². The van der Waals surface area contributed by atoms with Gasteiger partial charge < -0.3 is 9.47 Å². The fourth-order valence-corrected chi connectivity index (χ4v) is 1.21. The summed E-state index contributed by atoms with van der Waals surface area (Å²) in [5, 5.41) is 0. The van der Waals surface area contributed by atoms with Crippen LogP contribution in [0.2, 0.25) is 0 Å². The molecule has 0 aliphatic carbocycles. The van der Waals surface area contributed by atoms with Gasteiger partial charge >= 0.3 is 5.97 Å². The minimum Gasteiger partial charge on any atom is -0.461 e. The number of ether oxygens (including phenoxy) is 2. The van der Waals surface area contributed by atoms with Crippen LogP contribution < -0.4 is 0 Å². The standard InChI is InChI=1S/C11H16N2O3/c1-4-15-8(3)10-12-7-6-9(13-10)11(14)16-5-2/h6-8H,4-5H2,1-3H3. The summed E-state index contributed by atoms with van der Waals surface area (Å²) in [5.74, 6) is 0.0576. The van der Waals surface area contributed by atoms with Crippen LogP contribution in [-0.2, 0) is 9.47 Å². The van der Waals surface area contributed by atoms with Gasteiger partial charge in [-0.25, -0.2) is 14.8 Å². The Morgan fingerprint density at radius 1 is 1.44 bits per heavy atom. The van der Waals surface area contributed by atoms with Gasteiger partial charge in [-0.05, 0) is 26.8 Å². The van der Waals surface area contributed by atoms with E-state index in [9.17, 15) is 4.79 Å². The molecule has 0 spiro atoms. The maximum atomic E-state index is 11.4. The molecule has 0 aromatic carbocycles. The Kier molecular flexibility index (Phi) is 4.85. The van der Waals surface area contributed by atoms with Crippen LogP contribution in [0.25, 0.3) is 0 Å². The van der Waals surface area contributed by atoms with Gasteiger partial charge in [-0.1, -0.05) is 0 Å². The summed E-state index contributed by atoms with van der Waals surface area (Å²) in [6.45, 7) is 6.40. The number of hydrogen-bond donors (Lipinski definition) is 0. The number of nitrogens with zero attached hydrogens (tertiary/aromatic N) is 2. The molecule has 16 heavy (non-hydrogen) atoms. The summed E-state index contributed by atoms with van der Waals surface area (Å²) >= 11 is 0. The van der Waals surface area contributed by atoms with Crippen molar-refractivity contribution in [1.29, 1.82) is 0 Å². The van der Waals surface area contributed by atoms with E-state index < -0.39 is 5.97 Å². The molecule has 1 atom stereocenters. The maximum Gasteiger partial charge on any atom is 0.357 e. The van der Waals surface area contributed by atoms with Crippen molar-refractivity contribution in [2.45, 2.75) is 26.9 Å². The Balaban J connectivity index is 2.82. The fraction of sp³-hybridized carbons (Fsp3) is 0.545. The van der Waals surface area contributed by atoms with Crippen LogP contribution in [0.5, 0.6) is 0 Å². The van der Waals surface area contributed by atoms with Gasteiger partial charge in [-0.2, -0.15) is 0 Å². The van der Waals surface area contributed by atoms with Gasteiger partial charge in [0.25, 0.3) is 0 Å². The molecule has 0 aliphatic rings. The van der Waals surface area contributed by atoms with Crippen LogP contribution >= 0.6 is 0 Å². The number of aromatic nitrogens is 2. The van der Waals surface area contributed by atoms with E-state index in [4.69, 9.17) is 9.47 Å². The van der Waals surface area contributed by atoms with Crippen LogP contribution in [0.1, 0.15) is 43.2 Å². The number of hydrogen-bond acceptors (Lipinski definition) is 5. The minimum absolute atomic E-state index is 0.223. The summed E-state index contributed by atoms with van der Waals surface area (Å²) in [6, 6.07) is 1.53. The molecule has 1 aromatic rings. The normalized spacial score (nSPS) is 12.2. The van der Waals surface area contributed by atoms with Gasteiger partial charge in [-0.3, -0.25) is 0 Å². The molecule has 0 radical (unpaired) electrons. The Labute approximate surface area is 94.8 Å². The molecule has 5 heteroatoms. The highest BCUT2D eigenvalue weighted by Gasteiger charge is 2.13. The highest BCUT2D eigenvalue weighted by Crippen LogP contribution is 2.11. The first-order valence-electron chi connectivity index (χ1n) is 5.30. The van der Waals surface area contributed by atoms with Crippen molar-refractivity contribution in [3.05, 3.63) is 23.8 Å². The Morgan fingerprint density at radius 2 is 2.19 bits per heavy atom. The number of rotatable bonds is 5. The van der Waals surface area contributed by atoms with E-state index in [1.54, 1.807) is 6.92 Å². The van der Waals surface area contributed by atoms with Crippen molar-refractivity contribution in [1.82, 2.24) is 9.97 Å². The second kappa shape index (κ2) is 6.17. The lowest BCUT2D eigenvalue weighted by Crippen LogP contribution is -2.12. The largest absolute Gasteiger partial charge is 0.461 e. The molecule has 88 valence electrons. The highest BCUT2D eigenvalue weighted by molar-refractivity contribution is 5.87. The topological polar surface area (TPSA) is 61.3 Å². The van der Waals surface area contributed by atoms with E-state index in [0.29, 0.717) is 19.0 Å². The Bertz CT molecular complexity index is 355. The van der Waals surface area contributed by atoms with Crippen LogP contribution in [0.4, 0.5) is 0 Å². The Hall–Kier alpha value is -1.49. The van der Waals surface area contributed by atoms with Crippen LogP contribution in [-0.4, -0.2) is 29.2 Å². The maximum absolute atomic E-state index is 11.4. The zero-order valence-electron chi connectivity index (χ0n) is 9.77. The lowest BCUT2D eigenvalue weighted by Gasteiger charge is -2.10. The van der Waals surface area contributed by atoms with Crippen molar-refractivity contribution < 1.29 is 14.3 Å². The molecule has 0 fully saturated rings. The third-order valence-corrected chi connectivity index (χ3v) is 1.94. The summed E-state index contributed by atoms with van der Waals surface area (Å²) in [4.78, 5) is 19.6. The Morgan fingerprint density at radius 3 is 2.81 bits per heavy atom. The molecule has 1 aromatic heterocycles. The second-order valence-corrected chi connectivity index (χ2v) is 3.12. The molecule has 0 saturated heterocycles. The average molecular weight is 224 g/mol. The lowest BCUT2D eigenvalue weighted by molar-refractivity contribution is 0.0512. The molecule has 0 bridgehead atoms. The van der Waals surface area contributed by atoms with Gasteiger partial charge in [0.05, 0.1) is 6.61 Å². The molecule has 0 N–H and O–H groups in total. The van der Waals surface area contributed by atoms with Gasteiger partial charge in [0, 0.05) is 12.8 Å². The summed E-state index contributed by atoms with van der Waals surface area (Å²) < 4.78 is 10.2. The zero-order chi connectivity index (χ0) is 12.0. The van der Waals surface area contributed by atoms with Crippen LogP contribution in [0, 0.1) is 0 Å². The third kappa shape index (κ3) is 3.27. The summed E-state index contributed by atoms with van der Waals surface area (Å²) in [7, 11) is 0. The molecule has 0 amide bonds. The second-order valence-electron chi connectivity index (χ2n) is 3.12. The van der Waals surface area contributed by atoms with Gasteiger partial charge in [-0.15, -0.1) is 0 Å². The van der Waals surface area contributed by atoms with E-state index in [1.807, 2.05) is 13.8 Å². The minimum atomic E-state index is -0.435. The van der Waals surface area contributed by atoms with Crippen molar-refractivity contribution in [3.8, 4) is 0 Å². The van der Waals surface area contributed by atoms with E-state index >= 15 is 0 Å². The monoisotopic (exact) mass is 224 g/mol. The summed E-state index contributed by atoms with van der Waals surface area (Å²) in [5.41, 5.74) is 0.262. The third-order valence-electron chi connectivity index (χ3n) is 1.94. The first kappa shape index (κ1) is 12.6. The predicted molar refractivity (Wildman–Crippen MR) is 58.0 cm³/mol. The van der Waals surface area contributed by atoms with E-state index in [1.165, 1.54) is 12.3 Å². The predicted octanol–water partition coefficient (Wildman–Crippen LogP) is 1.75. The molecule has 1 heterocycles. The number of carbonyl (C=O) groups excluding carboxylic acids is 1. The van der Waals surface area contributed by atoms with Crippen LogP contribution in [0.15, 0.2) is 12.3 Å². The molecule has 0 saturated carbocycles. The van der Waals surface area contributed by atoms with Gasteiger partial charge in [0.1, 0.15) is 6.10 Å². The average Bonchev–Trinajstić information content (AvgIpc) is 2.30. The molecular weight excluding hydrogens is 208 g/mol. The molecule has 1 unspecified atom stereocenters.